The van der Waals surface area contributed by atoms with Gasteiger partial charge in [0.2, 0.25) is 0 Å². The van der Waals surface area contributed by atoms with Crippen molar-refractivity contribution in [3.63, 3.8) is 0 Å². The van der Waals surface area contributed by atoms with E-state index < -0.39 is 42.1 Å². The molecule has 0 saturated carbocycles. The number of halogens is 4. The van der Waals surface area contributed by atoms with Crippen molar-refractivity contribution < 1.29 is 31.9 Å². The van der Waals surface area contributed by atoms with E-state index in [1.54, 1.807) is 0 Å². The van der Waals surface area contributed by atoms with E-state index in [1.807, 2.05) is 0 Å². The first-order chi connectivity index (χ1) is 15.5. The third-order valence-electron chi connectivity index (χ3n) is 5.19. The molecule has 176 valence electrons. The van der Waals surface area contributed by atoms with Crippen molar-refractivity contribution in [2.24, 2.45) is 11.7 Å². The minimum atomic E-state index is -4.71. The lowest BCUT2D eigenvalue weighted by Gasteiger charge is -2.35. The van der Waals surface area contributed by atoms with Gasteiger partial charge in [-0.2, -0.15) is 23.5 Å². The maximum absolute atomic E-state index is 13.2. The fourth-order valence-corrected chi connectivity index (χ4v) is 3.31. The zero-order valence-electron chi connectivity index (χ0n) is 17.3. The van der Waals surface area contributed by atoms with E-state index in [0.29, 0.717) is 5.69 Å². The Bertz CT molecular complexity index is 1060. The Morgan fingerprint density at radius 3 is 2.58 bits per heavy atom. The molecule has 1 aromatic carbocycles. The predicted octanol–water partition coefficient (Wildman–Crippen LogP) is 3.34. The number of nitrogens with two attached hydrogens (primary N) is 1. The Morgan fingerprint density at radius 1 is 1.33 bits per heavy atom. The molecule has 3 rings (SSSR count). The molecule has 1 unspecified atom stereocenters. The maximum atomic E-state index is 13.2. The van der Waals surface area contributed by atoms with E-state index in [9.17, 15) is 32.4 Å². The smallest absolute Gasteiger partial charge is 0.425 e. The van der Waals surface area contributed by atoms with Crippen molar-refractivity contribution >= 4 is 23.5 Å². The van der Waals surface area contributed by atoms with Crippen LogP contribution in [0.25, 0.3) is 0 Å². The number of nitriles is 1. The molecular formula is C20H20F4N6O3. The molecule has 13 heteroatoms. The number of rotatable bonds is 5. The molecule has 1 saturated heterocycles. The molecule has 0 radical (unpaired) electrons. The molecule has 2 aromatic rings. The van der Waals surface area contributed by atoms with Crippen molar-refractivity contribution in [2.45, 2.75) is 31.7 Å². The van der Waals surface area contributed by atoms with Gasteiger partial charge in [-0.05, 0) is 37.6 Å². The van der Waals surface area contributed by atoms with Gasteiger partial charge in [-0.1, -0.05) is 0 Å². The summed E-state index contributed by atoms with van der Waals surface area (Å²) in [4.78, 5) is 25.2. The molecule has 0 bridgehead atoms. The van der Waals surface area contributed by atoms with Gasteiger partial charge in [0.25, 0.3) is 5.91 Å². The average molecular weight is 468 g/mol. The first-order valence-corrected chi connectivity index (χ1v) is 9.83. The van der Waals surface area contributed by atoms with Crippen LogP contribution in [0, 0.1) is 23.1 Å². The van der Waals surface area contributed by atoms with Crippen molar-refractivity contribution in [1.29, 1.82) is 5.26 Å². The molecular weight excluding hydrogens is 448 g/mol. The molecule has 3 N–H and O–H groups in total. The van der Waals surface area contributed by atoms with E-state index in [0.717, 1.165) is 11.8 Å². The summed E-state index contributed by atoms with van der Waals surface area (Å²) in [7, 11) is 0. The maximum Gasteiger partial charge on any atom is 0.425 e. The van der Waals surface area contributed by atoms with Crippen molar-refractivity contribution in [3.05, 3.63) is 41.8 Å². The number of carbonyl (C=O) groups excluding carboxylic acids is 2. The highest BCUT2D eigenvalue weighted by Crippen LogP contribution is 2.31. The molecule has 1 aromatic heterocycles. The number of amides is 2. The fraction of sp³-hybridized carbons (Fsp3) is 0.400. The SMILES string of the molecule is CC(OC(=O)N1CC[C@H](C#N)[C@@H](n2cc(C(N)=O)c(Nc3ccc(F)cc3)n2)C1)C(F)(F)F. The van der Waals surface area contributed by atoms with Gasteiger partial charge in [-0.15, -0.1) is 0 Å². The van der Waals surface area contributed by atoms with Crippen LogP contribution in [0.1, 0.15) is 29.7 Å². The molecule has 0 spiro atoms. The molecule has 1 fully saturated rings. The Labute approximate surface area is 185 Å². The predicted molar refractivity (Wildman–Crippen MR) is 107 cm³/mol. The summed E-state index contributed by atoms with van der Waals surface area (Å²) in [5.41, 5.74) is 5.81. The lowest BCUT2D eigenvalue weighted by molar-refractivity contribution is -0.200. The second kappa shape index (κ2) is 9.35. The Kier molecular flexibility index (Phi) is 6.75. The zero-order chi connectivity index (χ0) is 24.3. The number of aromatic nitrogens is 2. The number of carbonyl (C=O) groups is 2. The third-order valence-corrected chi connectivity index (χ3v) is 5.19. The third kappa shape index (κ3) is 5.51. The quantitative estimate of drug-likeness (QED) is 0.649. The Morgan fingerprint density at radius 2 is 2.00 bits per heavy atom. The van der Waals surface area contributed by atoms with Crippen LogP contribution in [-0.4, -0.2) is 52.1 Å². The topological polar surface area (TPSA) is 126 Å². The minimum absolute atomic E-state index is 0.0166. The number of ether oxygens (including phenoxy) is 1. The molecule has 2 amide bonds. The molecule has 9 nitrogen and oxygen atoms in total. The Hall–Kier alpha value is -3.82. The number of anilines is 2. The first-order valence-electron chi connectivity index (χ1n) is 9.83. The van der Waals surface area contributed by atoms with Crippen LogP contribution in [0.15, 0.2) is 30.5 Å². The zero-order valence-corrected chi connectivity index (χ0v) is 17.3. The summed E-state index contributed by atoms with van der Waals surface area (Å²) in [6, 6.07) is 6.53. The lowest BCUT2D eigenvalue weighted by atomic mass is 9.93. The number of alkyl halides is 3. The van der Waals surface area contributed by atoms with Gasteiger partial charge >= 0.3 is 12.3 Å². The number of hydrogen-bond acceptors (Lipinski definition) is 6. The van der Waals surface area contributed by atoms with Gasteiger partial charge in [0.05, 0.1) is 18.0 Å². The van der Waals surface area contributed by atoms with Crippen LogP contribution in [0.4, 0.5) is 33.9 Å². The number of benzene rings is 1. The highest BCUT2D eigenvalue weighted by Gasteiger charge is 2.41. The van der Waals surface area contributed by atoms with Crippen LogP contribution in [0.5, 0.6) is 0 Å². The van der Waals surface area contributed by atoms with Crippen LogP contribution in [0.3, 0.4) is 0 Å². The number of hydrogen-bond donors (Lipinski definition) is 2. The average Bonchev–Trinajstić information content (AvgIpc) is 3.18. The number of likely N-dealkylation sites (tertiary alicyclic amines) is 1. The Balaban J connectivity index is 1.84. The number of piperidine rings is 1. The van der Waals surface area contributed by atoms with E-state index in [1.165, 1.54) is 35.1 Å². The van der Waals surface area contributed by atoms with Gasteiger partial charge in [0, 0.05) is 25.0 Å². The normalized spacial score (nSPS) is 19.5. The van der Waals surface area contributed by atoms with Crippen LogP contribution in [-0.2, 0) is 4.74 Å². The summed E-state index contributed by atoms with van der Waals surface area (Å²) in [5.74, 6) is -1.90. The summed E-state index contributed by atoms with van der Waals surface area (Å²) < 4.78 is 57.1. The number of nitrogens with zero attached hydrogens (tertiary/aromatic N) is 4. The molecule has 2 heterocycles. The molecule has 33 heavy (non-hydrogen) atoms. The minimum Gasteiger partial charge on any atom is -0.437 e. The van der Waals surface area contributed by atoms with E-state index >= 15 is 0 Å². The highest BCUT2D eigenvalue weighted by molar-refractivity contribution is 5.98. The summed E-state index contributed by atoms with van der Waals surface area (Å²) in [6.45, 7) is 0.567. The van der Waals surface area contributed by atoms with Crippen LogP contribution >= 0.6 is 0 Å². The molecule has 3 atom stereocenters. The number of nitrogens with one attached hydrogen (secondary N) is 1. The van der Waals surface area contributed by atoms with E-state index in [4.69, 9.17) is 5.73 Å². The fourth-order valence-electron chi connectivity index (χ4n) is 3.31. The van der Waals surface area contributed by atoms with Gasteiger partial charge < -0.3 is 20.7 Å². The van der Waals surface area contributed by atoms with Gasteiger partial charge in [0.15, 0.2) is 11.9 Å². The van der Waals surface area contributed by atoms with Gasteiger partial charge in [-0.3, -0.25) is 9.48 Å². The molecule has 1 aliphatic heterocycles. The first kappa shape index (κ1) is 23.8. The van der Waals surface area contributed by atoms with E-state index in [2.05, 4.69) is 21.2 Å². The number of primary amides is 1. The standard InChI is InChI=1S/C20H20F4N6O3/c1-11(20(22,23)24)33-19(32)29-7-6-12(8-25)16(10-29)30-9-15(17(26)31)18(28-30)27-14-4-2-13(21)3-5-14/h2-5,9,11-12,16H,6-7,10H2,1H3,(H2,26,31)(H,27,28)/t11?,12-,16+/m1/s1. The largest absolute Gasteiger partial charge is 0.437 e. The lowest BCUT2D eigenvalue weighted by Crippen LogP contribution is -2.46. The highest BCUT2D eigenvalue weighted by atomic mass is 19.4. The van der Waals surface area contributed by atoms with Gasteiger partial charge in [-0.25, -0.2) is 9.18 Å². The van der Waals surface area contributed by atoms with Crippen molar-refractivity contribution in [3.8, 4) is 6.07 Å². The second-order valence-electron chi connectivity index (χ2n) is 7.47. The van der Waals surface area contributed by atoms with E-state index in [-0.39, 0.29) is 30.9 Å². The molecule has 0 aliphatic carbocycles. The summed E-state index contributed by atoms with van der Waals surface area (Å²) in [5, 5.41) is 16.6. The second-order valence-corrected chi connectivity index (χ2v) is 7.47. The summed E-state index contributed by atoms with van der Waals surface area (Å²) in [6.07, 6.45) is -6.73. The van der Waals surface area contributed by atoms with Crippen LogP contribution < -0.4 is 11.1 Å². The van der Waals surface area contributed by atoms with Crippen molar-refractivity contribution in [2.75, 3.05) is 18.4 Å². The summed E-state index contributed by atoms with van der Waals surface area (Å²) >= 11 is 0. The van der Waals surface area contributed by atoms with Gasteiger partial charge in [0.1, 0.15) is 11.4 Å². The monoisotopic (exact) mass is 468 g/mol. The van der Waals surface area contributed by atoms with Crippen molar-refractivity contribution in [1.82, 2.24) is 14.7 Å². The van der Waals surface area contributed by atoms with Crippen LogP contribution in [0.2, 0.25) is 0 Å². The molecule has 1 aliphatic rings.